The van der Waals surface area contributed by atoms with E-state index in [2.05, 4.69) is 10.6 Å². The molecule has 2 aromatic rings. The molecular weight excluding hydrogens is 389 g/mol. The molecule has 1 saturated heterocycles. The average Bonchev–Trinajstić information content (AvgIpc) is 3.08. The number of aryl methyl sites for hydroxylation is 1. The summed E-state index contributed by atoms with van der Waals surface area (Å²) in [4.78, 5) is 18.5. The number of amides is 1. The van der Waals surface area contributed by atoms with E-state index in [1.54, 1.807) is 23.5 Å². The number of halogens is 2. The van der Waals surface area contributed by atoms with Crippen molar-refractivity contribution in [2.45, 2.75) is 44.4 Å². The topological polar surface area (TPSA) is 63.2 Å². The molecule has 0 spiro atoms. The summed E-state index contributed by atoms with van der Waals surface area (Å²) in [6.45, 7) is 3.24. The van der Waals surface area contributed by atoms with Gasteiger partial charge in [-0.05, 0) is 50.5 Å². The maximum absolute atomic E-state index is 13.2. The van der Waals surface area contributed by atoms with Crippen LogP contribution in [0.2, 0.25) is 0 Å². The van der Waals surface area contributed by atoms with Gasteiger partial charge >= 0.3 is 0 Å². The Morgan fingerprint density at radius 2 is 2.15 bits per heavy atom. The number of carbonyl (C=O) groups excluding carboxylic acids is 1. The molecule has 1 aliphatic carbocycles. The molecule has 1 unspecified atom stereocenters. The molecule has 4 rings (SSSR count). The lowest BCUT2D eigenvalue weighted by atomic mass is 9.97. The summed E-state index contributed by atoms with van der Waals surface area (Å²) in [5.74, 6) is -0.275. The second-order valence-electron chi connectivity index (χ2n) is 6.80. The summed E-state index contributed by atoms with van der Waals surface area (Å²) in [6, 6.07) is 6.06. The fourth-order valence-corrected chi connectivity index (χ4v) is 4.76. The lowest BCUT2D eigenvalue weighted by Crippen LogP contribution is -2.56. The largest absolute Gasteiger partial charge is 0.375 e. The van der Waals surface area contributed by atoms with Crippen molar-refractivity contribution >= 4 is 29.7 Å². The molecule has 27 heavy (non-hydrogen) atoms. The highest BCUT2D eigenvalue weighted by molar-refractivity contribution is 7.15. The summed E-state index contributed by atoms with van der Waals surface area (Å²) in [5, 5.41) is 7.29. The third-order valence-corrected chi connectivity index (χ3v) is 6.22. The molecule has 2 aliphatic rings. The van der Waals surface area contributed by atoms with E-state index >= 15 is 0 Å². The van der Waals surface area contributed by atoms with Gasteiger partial charge in [-0.15, -0.1) is 23.7 Å². The lowest BCUT2D eigenvalue weighted by molar-refractivity contribution is -0.129. The second kappa shape index (κ2) is 8.65. The number of nitrogens with one attached hydrogen (secondary N) is 2. The van der Waals surface area contributed by atoms with Crippen molar-refractivity contribution in [1.82, 2.24) is 15.6 Å². The minimum absolute atomic E-state index is 0. The van der Waals surface area contributed by atoms with Crippen LogP contribution in [0.4, 0.5) is 4.39 Å². The second-order valence-corrected chi connectivity index (χ2v) is 7.83. The molecule has 1 amide bonds. The van der Waals surface area contributed by atoms with Gasteiger partial charge in [0, 0.05) is 12.1 Å². The summed E-state index contributed by atoms with van der Waals surface area (Å²) < 4.78 is 18.7. The first-order valence-corrected chi connectivity index (χ1v) is 9.84. The summed E-state index contributed by atoms with van der Waals surface area (Å²) in [5.41, 5.74) is 1.96. The highest BCUT2D eigenvalue weighted by atomic mass is 35.5. The van der Waals surface area contributed by atoms with Crippen LogP contribution >= 0.6 is 23.7 Å². The Hall–Kier alpha value is -1.54. The number of rotatable bonds is 3. The van der Waals surface area contributed by atoms with Crippen LogP contribution in [0, 0.1) is 5.82 Å². The highest BCUT2D eigenvalue weighted by Crippen LogP contribution is 2.38. The number of thiazole rings is 1. The fourth-order valence-electron chi connectivity index (χ4n) is 3.56. The molecule has 2 N–H and O–H groups in total. The van der Waals surface area contributed by atoms with Crippen LogP contribution in [-0.2, 0) is 16.0 Å². The Morgan fingerprint density at radius 3 is 2.89 bits per heavy atom. The van der Waals surface area contributed by atoms with Gasteiger partial charge in [0.1, 0.15) is 16.9 Å². The molecular formula is C19H23ClFN3O2S. The minimum Gasteiger partial charge on any atom is -0.375 e. The summed E-state index contributed by atoms with van der Waals surface area (Å²) in [7, 11) is 0. The van der Waals surface area contributed by atoms with Crippen molar-refractivity contribution in [1.29, 1.82) is 0 Å². The average molecular weight is 412 g/mol. The molecule has 5 nitrogen and oxygen atoms in total. The molecule has 1 aromatic heterocycles. The standard InChI is InChI=1S/C19H22FN3O2S.ClH/c1-11-16(21-9-10-25-11)18(24)22-14-3-2-4-15-17(14)26-19(23-15)12-5-7-13(20)8-6-12;/h5-8,11,14,16,21H,2-4,9-10H2,1H3,(H,22,24);1H/t11-,14?,16+;/m1./s1. The van der Waals surface area contributed by atoms with Crippen molar-refractivity contribution in [3.8, 4) is 10.6 Å². The van der Waals surface area contributed by atoms with E-state index in [0.29, 0.717) is 13.2 Å². The third-order valence-electron chi connectivity index (χ3n) is 4.96. The van der Waals surface area contributed by atoms with Crippen LogP contribution in [0.1, 0.15) is 36.4 Å². The van der Waals surface area contributed by atoms with Gasteiger partial charge in [-0.3, -0.25) is 4.79 Å². The predicted molar refractivity (Wildman–Crippen MR) is 106 cm³/mol. The van der Waals surface area contributed by atoms with Crippen LogP contribution in [-0.4, -0.2) is 36.2 Å². The highest BCUT2D eigenvalue weighted by Gasteiger charge is 2.32. The van der Waals surface area contributed by atoms with Crippen LogP contribution in [0.5, 0.6) is 0 Å². The first-order chi connectivity index (χ1) is 12.6. The fraction of sp³-hybridized carbons (Fsp3) is 0.474. The first kappa shape index (κ1) is 20.2. The van der Waals surface area contributed by atoms with Gasteiger partial charge in [0.05, 0.1) is 29.3 Å². The van der Waals surface area contributed by atoms with Crippen molar-refractivity contribution in [3.05, 3.63) is 40.7 Å². The van der Waals surface area contributed by atoms with E-state index in [9.17, 15) is 9.18 Å². The lowest BCUT2D eigenvalue weighted by Gasteiger charge is -2.31. The number of carbonyl (C=O) groups is 1. The maximum atomic E-state index is 13.2. The first-order valence-electron chi connectivity index (χ1n) is 9.03. The molecule has 1 aromatic carbocycles. The SMILES string of the molecule is C[C@H]1OCCN[C@@H]1C(=O)NC1CCCc2nc(-c3ccc(F)cc3)sc21.Cl. The number of ether oxygens (including phenoxy) is 1. The normalized spacial score (nSPS) is 24.6. The van der Waals surface area contributed by atoms with Gasteiger partial charge in [-0.2, -0.15) is 0 Å². The zero-order valence-corrected chi connectivity index (χ0v) is 16.7. The monoisotopic (exact) mass is 411 g/mol. The molecule has 146 valence electrons. The van der Waals surface area contributed by atoms with Crippen molar-refractivity contribution in [2.75, 3.05) is 13.2 Å². The zero-order chi connectivity index (χ0) is 18.1. The van der Waals surface area contributed by atoms with E-state index in [-0.39, 0.29) is 42.3 Å². The maximum Gasteiger partial charge on any atom is 0.240 e. The van der Waals surface area contributed by atoms with E-state index in [1.807, 2.05) is 6.92 Å². The number of nitrogens with zero attached hydrogens (tertiary/aromatic N) is 1. The molecule has 2 heterocycles. The quantitative estimate of drug-likeness (QED) is 0.813. The Morgan fingerprint density at radius 1 is 1.37 bits per heavy atom. The van der Waals surface area contributed by atoms with E-state index in [0.717, 1.165) is 40.4 Å². The molecule has 0 bridgehead atoms. The summed E-state index contributed by atoms with van der Waals surface area (Å²) >= 11 is 1.59. The smallest absolute Gasteiger partial charge is 0.240 e. The van der Waals surface area contributed by atoms with Crippen molar-refractivity contribution in [2.24, 2.45) is 0 Å². The number of fused-ring (bicyclic) bond motifs is 1. The number of hydrogen-bond acceptors (Lipinski definition) is 5. The Labute approximate surface area is 168 Å². The number of benzene rings is 1. The van der Waals surface area contributed by atoms with Gasteiger partial charge in [0.2, 0.25) is 5.91 Å². The van der Waals surface area contributed by atoms with Gasteiger partial charge in [0.25, 0.3) is 0 Å². The van der Waals surface area contributed by atoms with Crippen molar-refractivity contribution in [3.63, 3.8) is 0 Å². The van der Waals surface area contributed by atoms with E-state index in [1.165, 1.54) is 12.1 Å². The number of hydrogen-bond donors (Lipinski definition) is 2. The third kappa shape index (κ3) is 4.32. The van der Waals surface area contributed by atoms with Crippen LogP contribution < -0.4 is 10.6 Å². The molecule has 0 saturated carbocycles. The van der Waals surface area contributed by atoms with Crippen LogP contribution in [0.25, 0.3) is 10.6 Å². The molecule has 8 heteroatoms. The van der Waals surface area contributed by atoms with E-state index in [4.69, 9.17) is 9.72 Å². The van der Waals surface area contributed by atoms with Crippen molar-refractivity contribution < 1.29 is 13.9 Å². The Kier molecular flexibility index (Phi) is 6.47. The van der Waals surface area contributed by atoms with Gasteiger partial charge in [-0.25, -0.2) is 9.37 Å². The Bertz CT molecular complexity index is 799. The Balaban J connectivity index is 0.00000210. The zero-order valence-electron chi connectivity index (χ0n) is 15.0. The van der Waals surface area contributed by atoms with Crippen LogP contribution in [0.3, 0.4) is 0 Å². The van der Waals surface area contributed by atoms with E-state index < -0.39 is 0 Å². The predicted octanol–water partition coefficient (Wildman–Crippen LogP) is 3.24. The number of aromatic nitrogens is 1. The molecule has 1 aliphatic heterocycles. The van der Waals surface area contributed by atoms with Gasteiger partial charge in [-0.1, -0.05) is 0 Å². The number of morpholine rings is 1. The van der Waals surface area contributed by atoms with Crippen LogP contribution in [0.15, 0.2) is 24.3 Å². The van der Waals surface area contributed by atoms with Gasteiger partial charge < -0.3 is 15.4 Å². The minimum atomic E-state index is -0.321. The summed E-state index contributed by atoms with van der Waals surface area (Å²) in [6.07, 6.45) is 2.68. The molecule has 1 fully saturated rings. The molecule has 0 radical (unpaired) electrons. The van der Waals surface area contributed by atoms with Gasteiger partial charge in [0.15, 0.2) is 0 Å². The molecule has 3 atom stereocenters.